The number of nitrogens with zero attached hydrogens (tertiary/aromatic N) is 3. The summed E-state index contributed by atoms with van der Waals surface area (Å²) in [5.74, 6) is 0. The highest BCUT2D eigenvalue weighted by atomic mass is 79.9. The van der Waals surface area contributed by atoms with Crippen LogP contribution in [0.2, 0.25) is 0 Å². The monoisotopic (exact) mass is 298 g/mol. The molecule has 0 atom stereocenters. The smallest absolute Gasteiger partial charge is 0.251 e. The van der Waals surface area contributed by atoms with Crippen molar-refractivity contribution >= 4 is 27.7 Å². The summed E-state index contributed by atoms with van der Waals surface area (Å²) < 4.78 is 0.808. The molecule has 0 aromatic carbocycles. The molecule has 0 unspecified atom stereocenters. The van der Waals surface area contributed by atoms with Gasteiger partial charge in [0.2, 0.25) is 0 Å². The lowest BCUT2D eigenvalue weighted by atomic mass is 10.5. The van der Waals surface area contributed by atoms with Crippen molar-refractivity contribution in [2.45, 2.75) is 17.2 Å². The van der Waals surface area contributed by atoms with Crippen molar-refractivity contribution in [3.63, 3.8) is 0 Å². The molecule has 0 saturated carbocycles. The number of H-pyrrole nitrogens is 1. The molecule has 2 aromatic rings. The van der Waals surface area contributed by atoms with Gasteiger partial charge in [0.15, 0.2) is 10.3 Å². The van der Waals surface area contributed by atoms with Gasteiger partial charge in [0.25, 0.3) is 5.56 Å². The second-order valence-corrected chi connectivity index (χ2v) is 4.85. The van der Waals surface area contributed by atoms with E-state index in [0.29, 0.717) is 16.0 Å². The van der Waals surface area contributed by atoms with E-state index in [1.54, 1.807) is 19.3 Å². The molecule has 0 aliphatic rings. The number of aromatic amines is 1. The van der Waals surface area contributed by atoms with Crippen molar-refractivity contribution in [2.24, 2.45) is 0 Å². The zero-order valence-electron chi connectivity index (χ0n) is 8.27. The summed E-state index contributed by atoms with van der Waals surface area (Å²) in [6.07, 6.45) is 3.28. The van der Waals surface area contributed by atoms with Gasteiger partial charge in [0.1, 0.15) is 0 Å². The fourth-order valence-corrected chi connectivity index (χ4v) is 1.97. The van der Waals surface area contributed by atoms with Crippen molar-refractivity contribution < 1.29 is 0 Å². The molecule has 82 valence electrons. The summed E-state index contributed by atoms with van der Waals surface area (Å²) in [4.78, 5) is 26.1. The number of aryl methyl sites for hydroxylation is 1. The second kappa shape index (κ2) is 4.75. The van der Waals surface area contributed by atoms with E-state index in [2.05, 4.69) is 35.9 Å². The first-order valence-electron chi connectivity index (χ1n) is 4.37. The number of rotatable bonds is 2. The number of halogens is 1. The van der Waals surface area contributed by atoms with Gasteiger partial charge in [0, 0.05) is 24.2 Å². The SMILES string of the molecule is Cc1cc(=O)[nH]c(Sc2ncc(Br)cn2)n1. The summed E-state index contributed by atoms with van der Waals surface area (Å²) in [5.41, 5.74) is 0.496. The fourth-order valence-electron chi connectivity index (χ4n) is 1.04. The topological polar surface area (TPSA) is 71.5 Å². The zero-order chi connectivity index (χ0) is 11.5. The minimum absolute atomic E-state index is 0.174. The molecule has 0 bridgehead atoms. The van der Waals surface area contributed by atoms with E-state index >= 15 is 0 Å². The lowest BCUT2D eigenvalue weighted by Crippen LogP contribution is -2.08. The van der Waals surface area contributed by atoms with Crippen molar-refractivity contribution in [1.29, 1.82) is 0 Å². The highest BCUT2D eigenvalue weighted by Crippen LogP contribution is 2.20. The third-order valence-electron chi connectivity index (χ3n) is 1.63. The van der Waals surface area contributed by atoms with Crippen LogP contribution in [0, 0.1) is 6.92 Å². The zero-order valence-corrected chi connectivity index (χ0v) is 10.7. The van der Waals surface area contributed by atoms with Crippen LogP contribution in [0.5, 0.6) is 0 Å². The molecular weight excluding hydrogens is 292 g/mol. The molecule has 7 heteroatoms. The predicted molar refractivity (Wildman–Crippen MR) is 63.4 cm³/mol. The lowest BCUT2D eigenvalue weighted by Gasteiger charge is -1.99. The van der Waals surface area contributed by atoms with Crippen LogP contribution in [0.4, 0.5) is 0 Å². The molecule has 2 heterocycles. The number of aromatic nitrogens is 4. The van der Waals surface area contributed by atoms with Gasteiger partial charge in [-0.1, -0.05) is 0 Å². The third-order valence-corrected chi connectivity index (χ3v) is 2.82. The Morgan fingerprint density at radius 2 is 2.06 bits per heavy atom. The molecular formula is C9H7BrN4OS. The maximum atomic E-state index is 11.2. The van der Waals surface area contributed by atoms with Gasteiger partial charge in [-0.05, 0) is 34.6 Å². The van der Waals surface area contributed by atoms with Crippen molar-refractivity contribution in [3.8, 4) is 0 Å². The van der Waals surface area contributed by atoms with Gasteiger partial charge in [-0.3, -0.25) is 4.79 Å². The Kier molecular flexibility index (Phi) is 3.35. The minimum Gasteiger partial charge on any atom is -0.301 e. The molecule has 0 aliphatic carbocycles. The van der Waals surface area contributed by atoms with E-state index in [0.717, 1.165) is 4.47 Å². The summed E-state index contributed by atoms with van der Waals surface area (Å²) in [6, 6.07) is 1.44. The van der Waals surface area contributed by atoms with Gasteiger partial charge in [0.05, 0.1) is 4.47 Å². The number of hydrogen-bond acceptors (Lipinski definition) is 5. The van der Waals surface area contributed by atoms with Crippen LogP contribution in [-0.4, -0.2) is 19.9 Å². The summed E-state index contributed by atoms with van der Waals surface area (Å²) in [5, 5.41) is 1.03. The Bertz CT molecular complexity index is 554. The summed E-state index contributed by atoms with van der Waals surface area (Å²) >= 11 is 4.46. The highest BCUT2D eigenvalue weighted by molar-refractivity contribution is 9.10. The molecule has 0 fully saturated rings. The summed E-state index contributed by atoms with van der Waals surface area (Å²) in [6.45, 7) is 1.77. The normalized spacial score (nSPS) is 10.4. The molecule has 16 heavy (non-hydrogen) atoms. The molecule has 2 rings (SSSR count). The van der Waals surface area contributed by atoms with Gasteiger partial charge in [-0.2, -0.15) is 0 Å². The standard InChI is InChI=1S/C9H7BrN4OS/c1-5-2-7(15)14-9(13-5)16-8-11-3-6(10)4-12-8/h2-4H,1H3,(H,13,14,15). The maximum Gasteiger partial charge on any atom is 0.251 e. The van der Waals surface area contributed by atoms with Crippen LogP contribution in [0.15, 0.2) is 38.0 Å². The Morgan fingerprint density at radius 1 is 1.38 bits per heavy atom. The molecule has 0 saturated heterocycles. The van der Waals surface area contributed by atoms with E-state index in [9.17, 15) is 4.79 Å². The van der Waals surface area contributed by atoms with Gasteiger partial charge >= 0.3 is 0 Å². The average Bonchev–Trinajstić information content (AvgIpc) is 2.20. The molecule has 0 spiro atoms. The molecule has 2 aromatic heterocycles. The van der Waals surface area contributed by atoms with Crippen LogP contribution in [-0.2, 0) is 0 Å². The van der Waals surface area contributed by atoms with Crippen molar-refractivity contribution in [2.75, 3.05) is 0 Å². The van der Waals surface area contributed by atoms with Crippen LogP contribution in [0.3, 0.4) is 0 Å². The summed E-state index contributed by atoms with van der Waals surface area (Å²) in [7, 11) is 0. The van der Waals surface area contributed by atoms with E-state index in [1.165, 1.54) is 17.8 Å². The number of hydrogen-bond donors (Lipinski definition) is 1. The quantitative estimate of drug-likeness (QED) is 0.856. The third kappa shape index (κ3) is 2.89. The first-order valence-corrected chi connectivity index (χ1v) is 5.98. The van der Waals surface area contributed by atoms with Gasteiger partial charge in [-0.25, -0.2) is 15.0 Å². The largest absolute Gasteiger partial charge is 0.301 e. The van der Waals surface area contributed by atoms with Gasteiger partial charge < -0.3 is 4.98 Å². The predicted octanol–water partition coefficient (Wildman–Crippen LogP) is 1.78. The average molecular weight is 299 g/mol. The molecule has 5 nitrogen and oxygen atoms in total. The van der Waals surface area contributed by atoms with E-state index < -0.39 is 0 Å². The first kappa shape index (κ1) is 11.3. The lowest BCUT2D eigenvalue weighted by molar-refractivity contribution is 0.887. The Morgan fingerprint density at radius 3 is 2.69 bits per heavy atom. The molecule has 0 radical (unpaired) electrons. The van der Waals surface area contributed by atoms with Crippen LogP contribution in [0.25, 0.3) is 0 Å². The Labute approximate surface area is 104 Å². The van der Waals surface area contributed by atoms with Crippen LogP contribution < -0.4 is 5.56 Å². The van der Waals surface area contributed by atoms with Crippen LogP contribution in [0.1, 0.15) is 5.69 Å². The second-order valence-electron chi connectivity index (χ2n) is 2.98. The van der Waals surface area contributed by atoms with Crippen molar-refractivity contribution in [3.05, 3.63) is 39.0 Å². The molecule has 0 aliphatic heterocycles. The van der Waals surface area contributed by atoms with E-state index in [1.807, 2.05) is 0 Å². The van der Waals surface area contributed by atoms with Crippen LogP contribution >= 0.6 is 27.7 Å². The minimum atomic E-state index is -0.174. The Hall–Kier alpha value is -1.21. The molecule has 1 N–H and O–H groups in total. The molecule has 0 amide bonds. The van der Waals surface area contributed by atoms with E-state index in [-0.39, 0.29) is 5.56 Å². The highest BCUT2D eigenvalue weighted by Gasteiger charge is 2.03. The van der Waals surface area contributed by atoms with E-state index in [4.69, 9.17) is 0 Å². The van der Waals surface area contributed by atoms with Crippen molar-refractivity contribution in [1.82, 2.24) is 19.9 Å². The Balaban J connectivity index is 2.26. The maximum absolute atomic E-state index is 11.2. The fraction of sp³-hybridized carbons (Fsp3) is 0.111. The first-order chi connectivity index (χ1) is 7.63. The number of nitrogens with one attached hydrogen (secondary N) is 1. The van der Waals surface area contributed by atoms with Gasteiger partial charge in [-0.15, -0.1) is 0 Å².